The van der Waals surface area contributed by atoms with Crippen LogP contribution in [0, 0.1) is 0 Å². The van der Waals surface area contributed by atoms with Gasteiger partial charge in [-0.1, -0.05) is 12.8 Å². The third-order valence-corrected chi connectivity index (χ3v) is 6.49. The Kier molecular flexibility index (Phi) is 9.90. The number of thioether (sulfide) groups is 1. The molecule has 0 spiro atoms. The normalized spacial score (nSPS) is 21.3. The van der Waals surface area contributed by atoms with Crippen LogP contribution in [0.3, 0.4) is 0 Å². The highest BCUT2D eigenvalue weighted by atomic mass is 32.2. The number of carbonyl (C=O) groups excluding carboxylic acids is 3. The van der Waals surface area contributed by atoms with Crippen LogP contribution in [0.1, 0.15) is 52.4 Å². The Morgan fingerprint density at radius 2 is 1.87 bits per heavy atom. The number of hydrogen-bond acceptors (Lipinski definition) is 7. The zero-order valence-corrected chi connectivity index (χ0v) is 18.5. The van der Waals surface area contributed by atoms with Gasteiger partial charge in [0.05, 0.1) is 18.4 Å². The molecule has 2 rings (SSSR count). The van der Waals surface area contributed by atoms with E-state index in [1.54, 1.807) is 13.8 Å². The number of esters is 1. The molecule has 1 saturated heterocycles. The minimum absolute atomic E-state index is 0.0556. The van der Waals surface area contributed by atoms with E-state index in [0.29, 0.717) is 19.4 Å². The number of likely N-dealkylation sites (tertiary alicyclic amines) is 1. The van der Waals surface area contributed by atoms with Gasteiger partial charge < -0.3 is 20.1 Å². The van der Waals surface area contributed by atoms with Crippen molar-refractivity contribution in [3.8, 4) is 0 Å². The Morgan fingerprint density at radius 3 is 2.50 bits per heavy atom. The van der Waals surface area contributed by atoms with Crippen LogP contribution in [0.25, 0.3) is 0 Å². The van der Waals surface area contributed by atoms with Crippen LogP contribution in [-0.2, 0) is 23.9 Å². The Bertz CT molecular complexity index is 626. The molecule has 30 heavy (non-hydrogen) atoms. The second kappa shape index (κ2) is 12.1. The number of carboxylic acids is 1. The molecular formula is C20H33N3O6S. The molecule has 0 radical (unpaired) electrons. The number of carbonyl (C=O) groups is 4. The van der Waals surface area contributed by atoms with Crippen LogP contribution in [0.15, 0.2) is 0 Å². The van der Waals surface area contributed by atoms with E-state index in [9.17, 15) is 24.3 Å². The van der Waals surface area contributed by atoms with Gasteiger partial charge >= 0.3 is 11.9 Å². The SMILES string of the molecule is CCOC(=O)[C@H](CSCC(=O)NC1CCCC1)N[C@@H](C)C(=O)N1CCC[C@H]1C(=O)O. The average molecular weight is 444 g/mol. The predicted molar refractivity (Wildman–Crippen MR) is 113 cm³/mol. The van der Waals surface area contributed by atoms with Crippen molar-refractivity contribution in [2.75, 3.05) is 24.7 Å². The molecule has 10 heteroatoms. The molecule has 9 nitrogen and oxygen atoms in total. The largest absolute Gasteiger partial charge is 0.480 e. The lowest BCUT2D eigenvalue weighted by molar-refractivity contribution is -0.150. The summed E-state index contributed by atoms with van der Waals surface area (Å²) in [6.07, 6.45) is 5.37. The van der Waals surface area contributed by atoms with E-state index >= 15 is 0 Å². The first-order valence-corrected chi connectivity index (χ1v) is 11.8. The quantitative estimate of drug-likeness (QED) is 0.400. The molecular weight excluding hydrogens is 410 g/mol. The molecule has 0 aromatic carbocycles. The smallest absolute Gasteiger partial charge is 0.326 e. The Labute approximate surface area is 181 Å². The maximum absolute atomic E-state index is 12.7. The summed E-state index contributed by atoms with van der Waals surface area (Å²) >= 11 is 1.30. The summed E-state index contributed by atoms with van der Waals surface area (Å²) < 4.78 is 5.10. The molecule has 2 amide bonds. The summed E-state index contributed by atoms with van der Waals surface area (Å²) in [5.41, 5.74) is 0. The van der Waals surface area contributed by atoms with Gasteiger partial charge in [-0.15, -0.1) is 11.8 Å². The minimum atomic E-state index is -1.01. The summed E-state index contributed by atoms with van der Waals surface area (Å²) in [6, 6.07) is -2.08. The van der Waals surface area contributed by atoms with E-state index in [4.69, 9.17) is 4.74 Å². The average Bonchev–Trinajstić information content (AvgIpc) is 3.38. The van der Waals surface area contributed by atoms with Crippen molar-refractivity contribution >= 4 is 35.5 Å². The lowest BCUT2D eigenvalue weighted by Gasteiger charge is -2.27. The summed E-state index contributed by atoms with van der Waals surface area (Å²) in [5, 5.41) is 15.3. The van der Waals surface area contributed by atoms with E-state index < -0.39 is 30.1 Å². The molecule has 1 saturated carbocycles. The van der Waals surface area contributed by atoms with Gasteiger partial charge in [0.25, 0.3) is 0 Å². The number of ether oxygens (including phenoxy) is 1. The number of nitrogens with zero attached hydrogens (tertiary/aromatic N) is 1. The van der Waals surface area contributed by atoms with Crippen LogP contribution in [-0.4, -0.2) is 82.6 Å². The number of rotatable bonds is 11. The van der Waals surface area contributed by atoms with Gasteiger partial charge in [-0.25, -0.2) is 4.79 Å². The molecule has 1 heterocycles. The Hall–Kier alpha value is -1.81. The predicted octanol–water partition coefficient (Wildman–Crippen LogP) is 0.764. The monoisotopic (exact) mass is 443 g/mol. The van der Waals surface area contributed by atoms with E-state index in [0.717, 1.165) is 25.7 Å². The number of hydrogen-bond donors (Lipinski definition) is 3. The summed E-state index contributed by atoms with van der Waals surface area (Å²) in [4.78, 5) is 49.9. The molecule has 1 aliphatic heterocycles. The number of amides is 2. The highest BCUT2D eigenvalue weighted by Gasteiger charge is 2.37. The fourth-order valence-electron chi connectivity index (χ4n) is 3.95. The standard InChI is InChI=1S/C20H33N3O6S/c1-3-29-20(28)15(11-30-12-17(24)22-14-7-4-5-8-14)21-13(2)18(25)23-10-6-9-16(23)19(26)27/h13-16,21H,3-12H2,1-2H3,(H,22,24)(H,26,27)/t13-,15-,16-/m0/s1. The molecule has 2 fully saturated rings. The lowest BCUT2D eigenvalue weighted by atomic mass is 10.2. The number of aliphatic carboxylic acids is 1. The van der Waals surface area contributed by atoms with Gasteiger partial charge in [-0.05, 0) is 39.5 Å². The highest BCUT2D eigenvalue weighted by molar-refractivity contribution is 8.00. The number of nitrogens with one attached hydrogen (secondary N) is 2. The maximum Gasteiger partial charge on any atom is 0.326 e. The molecule has 2 aliphatic rings. The first-order chi connectivity index (χ1) is 14.3. The Morgan fingerprint density at radius 1 is 1.17 bits per heavy atom. The first kappa shape index (κ1) is 24.5. The molecule has 0 bridgehead atoms. The van der Waals surface area contributed by atoms with Crippen molar-refractivity contribution in [2.24, 2.45) is 0 Å². The summed E-state index contributed by atoms with van der Waals surface area (Å²) in [7, 11) is 0. The van der Waals surface area contributed by atoms with Gasteiger partial charge in [-0.2, -0.15) is 0 Å². The molecule has 1 aliphatic carbocycles. The van der Waals surface area contributed by atoms with E-state index in [1.807, 2.05) is 0 Å². The van der Waals surface area contributed by atoms with Crippen molar-refractivity contribution in [2.45, 2.75) is 76.5 Å². The van der Waals surface area contributed by atoms with E-state index in [-0.39, 0.29) is 36.0 Å². The van der Waals surface area contributed by atoms with E-state index in [2.05, 4.69) is 10.6 Å². The zero-order chi connectivity index (χ0) is 22.1. The number of carboxylic acid groups (broad SMARTS) is 1. The first-order valence-electron chi connectivity index (χ1n) is 10.7. The van der Waals surface area contributed by atoms with Crippen LogP contribution in [0.5, 0.6) is 0 Å². The summed E-state index contributed by atoms with van der Waals surface area (Å²) in [6.45, 7) is 3.91. The van der Waals surface area contributed by atoms with Crippen LogP contribution < -0.4 is 10.6 Å². The minimum Gasteiger partial charge on any atom is -0.480 e. The maximum atomic E-state index is 12.7. The second-order valence-electron chi connectivity index (χ2n) is 7.78. The molecule has 3 atom stereocenters. The molecule has 0 aromatic rings. The topological polar surface area (TPSA) is 125 Å². The van der Waals surface area contributed by atoms with Crippen LogP contribution >= 0.6 is 11.8 Å². The lowest BCUT2D eigenvalue weighted by Crippen LogP contribution is -2.54. The zero-order valence-electron chi connectivity index (χ0n) is 17.7. The van der Waals surface area contributed by atoms with Gasteiger partial charge in [0.15, 0.2) is 0 Å². The fourth-order valence-corrected chi connectivity index (χ4v) is 4.80. The highest BCUT2D eigenvalue weighted by Crippen LogP contribution is 2.19. The third-order valence-electron chi connectivity index (χ3n) is 5.45. The fraction of sp³-hybridized carbons (Fsp3) is 0.800. The van der Waals surface area contributed by atoms with Crippen LogP contribution in [0.4, 0.5) is 0 Å². The molecule has 0 aromatic heterocycles. The Balaban J connectivity index is 1.87. The van der Waals surface area contributed by atoms with Gasteiger partial charge in [-0.3, -0.25) is 19.7 Å². The van der Waals surface area contributed by atoms with Gasteiger partial charge in [0, 0.05) is 18.3 Å². The van der Waals surface area contributed by atoms with Crippen molar-refractivity contribution in [3.05, 3.63) is 0 Å². The van der Waals surface area contributed by atoms with Crippen LogP contribution in [0.2, 0.25) is 0 Å². The van der Waals surface area contributed by atoms with Crippen molar-refractivity contribution in [1.82, 2.24) is 15.5 Å². The van der Waals surface area contributed by atoms with Crippen molar-refractivity contribution < 1.29 is 29.0 Å². The van der Waals surface area contributed by atoms with E-state index in [1.165, 1.54) is 16.7 Å². The van der Waals surface area contributed by atoms with Crippen molar-refractivity contribution in [1.29, 1.82) is 0 Å². The van der Waals surface area contributed by atoms with Gasteiger partial charge in [0.1, 0.15) is 12.1 Å². The molecule has 170 valence electrons. The molecule has 0 unspecified atom stereocenters. The van der Waals surface area contributed by atoms with Crippen molar-refractivity contribution in [3.63, 3.8) is 0 Å². The third kappa shape index (κ3) is 7.16. The van der Waals surface area contributed by atoms with Gasteiger partial charge in [0.2, 0.25) is 11.8 Å². The second-order valence-corrected chi connectivity index (χ2v) is 8.82. The molecule has 3 N–H and O–H groups in total. The summed E-state index contributed by atoms with van der Waals surface area (Å²) in [5.74, 6) is -1.41.